The fourth-order valence-corrected chi connectivity index (χ4v) is 4.53. The standard InChI is InChI=1S/2C18H36N2O.H2O4S/c2*1-5-7-8-9-10-11-12-13-15-18(21)19-16-14-17-20(3,4)6-2;1-5(2,3)4/h2*5H,1,6-17H2,2-4H3;(H2,1,2,3,4). The second kappa shape index (κ2) is 32.7. The van der Waals surface area contributed by atoms with Crippen LogP contribution in [0.4, 0.5) is 0 Å². The van der Waals surface area contributed by atoms with Gasteiger partial charge in [0, 0.05) is 49.2 Å². The predicted octanol–water partition coefficient (Wildman–Crippen LogP) is 6.45. The summed E-state index contributed by atoms with van der Waals surface area (Å²) in [6.07, 6.45) is 24.4. The molecule has 0 bridgehead atoms. The maximum atomic E-state index is 11.7. The molecule has 0 aromatic rings. The van der Waals surface area contributed by atoms with Gasteiger partial charge in [-0.15, -0.1) is 13.2 Å². The van der Waals surface area contributed by atoms with Crippen molar-refractivity contribution in [1.29, 1.82) is 0 Å². The van der Waals surface area contributed by atoms with Crippen LogP contribution in [0.5, 0.6) is 0 Å². The van der Waals surface area contributed by atoms with E-state index < -0.39 is 10.4 Å². The molecule has 0 aliphatic carbocycles. The molecule has 47 heavy (non-hydrogen) atoms. The van der Waals surface area contributed by atoms with Crippen molar-refractivity contribution in [3.63, 3.8) is 0 Å². The molecule has 0 aliphatic rings. The van der Waals surface area contributed by atoms with Gasteiger partial charge in [0.05, 0.1) is 54.4 Å². The normalized spacial score (nSPS) is 11.4. The van der Waals surface area contributed by atoms with Gasteiger partial charge in [-0.05, 0) is 52.4 Å². The Hall–Kier alpha value is -1.79. The summed E-state index contributed by atoms with van der Waals surface area (Å²) in [5, 5.41) is 6.08. The first-order chi connectivity index (χ1) is 22.0. The summed E-state index contributed by atoms with van der Waals surface area (Å²) < 4.78 is 36.1. The van der Waals surface area contributed by atoms with Gasteiger partial charge in [-0.1, -0.05) is 63.5 Å². The van der Waals surface area contributed by atoms with Crippen LogP contribution in [-0.2, 0) is 20.0 Å². The molecule has 0 rings (SSSR count). The summed E-state index contributed by atoms with van der Waals surface area (Å²) in [4.78, 5) is 23.4. The van der Waals surface area contributed by atoms with E-state index in [-0.39, 0.29) is 11.8 Å². The highest BCUT2D eigenvalue weighted by atomic mass is 32.3. The highest BCUT2D eigenvalue weighted by Crippen LogP contribution is 2.10. The SMILES string of the molecule is C=CCCCCCCCCC(=O)NCCC[N+](C)(C)CC.C=CCCCCCCCCC(=O)NCCC[N+](C)(C)CC.O=S(=O)([O-])[O-]. The van der Waals surface area contributed by atoms with Gasteiger partial charge in [0.15, 0.2) is 0 Å². The van der Waals surface area contributed by atoms with Gasteiger partial charge in [0.25, 0.3) is 0 Å². The molecule has 0 unspecified atom stereocenters. The molecule has 0 heterocycles. The van der Waals surface area contributed by atoms with Gasteiger partial charge in [-0.2, -0.15) is 0 Å². The molecular weight excluding hydrogens is 616 g/mol. The lowest BCUT2D eigenvalue weighted by Gasteiger charge is -2.28. The van der Waals surface area contributed by atoms with Gasteiger partial charge < -0.3 is 28.7 Å². The lowest BCUT2D eigenvalue weighted by Crippen LogP contribution is -2.41. The number of quaternary nitrogens is 2. The van der Waals surface area contributed by atoms with Crippen LogP contribution in [0.25, 0.3) is 0 Å². The molecule has 0 saturated heterocycles. The highest BCUT2D eigenvalue weighted by Gasteiger charge is 2.12. The zero-order valence-electron chi connectivity index (χ0n) is 31.3. The second-order valence-corrected chi connectivity index (χ2v) is 14.5. The molecule has 0 saturated carbocycles. The second-order valence-electron chi connectivity index (χ2n) is 13.7. The Bertz CT molecular complexity index is 815. The van der Waals surface area contributed by atoms with E-state index in [0.717, 1.165) is 86.8 Å². The van der Waals surface area contributed by atoms with Crippen molar-refractivity contribution in [2.24, 2.45) is 0 Å². The van der Waals surface area contributed by atoms with Crippen molar-refractivity contribution in [3.8, 4) is 0 Å². The number of rotatable bonds is 28. The average molecular weight is 691 g/mol. The van der Waals surface area contributed by atoms with E-state index in [2.05, 4.69) is 65.8 Å². The van der Waals surface area contributed by atoms with Gasteiger partial charge in [-0.3, -0.25) is 18.0 Å². The predicted molar refractivity (Wildman–Crippen MR) is 195 cm³/mol. The van der Waals surface area contributed by atoms with E-state index >= 15 is 0 Å². The minimum absolute atomic E-state index is 0.225. The number of allylic oxidation sites excluding steroid dienone is 2. The third-order valence-corrected chi connectivity index (χ3v) is 8.36. The van der Waals surface area contributed by atoms with Crippen molar-refractivity contribution in [2.75, 3.05) is 67.5 Å². The van der Waals surface area contributed by atoms with E-state index in [0.29, 0.717) is 12.8 Å². The molecule has 0 aliphatic heterocycles. The highest BCUT2D eigenvalue weighted by molar-refractivity contribution is 7.79. The number of unbranched alkanes of at least 4 members (excludes halogenated alkanes) is 12. The van der Waals surface area contributed by atoms with Crippen molar-refractivity contribution >= 4 is 22.2 Å². The van der Waals surface area contributed by atoms with Gasteiger partial charge in [0.2, 0.25) is 11.8 Å². The van der Waals surface area contributed by atoms with Crippen LogP contribution in [0.2, 0.25) is 0 Å². The Morgan fingerprint density at radius 2 is 0.851 bits per heavy atom. The number of nitrogens with zero attached hydrogens (tertiary/aromatic N) is 2. The van der Waals surface area contributed by atoms with Crippen LogP contribution in [0.1, 0.15) is 129 Å². The number of hydrogen-bond donors (Lipinski definition) is 2. The lowest BCUT2D eigenvalue weighted by atomic mass is 10.1. The molecular formula is C36H74N4O6S. The summed E-state index contributed by atoms with van der Waals surface area (Å²) in [5.74, 6) is 0.451. The zero-order valence-corrected chi connectivity index (χ0v) is 32.1. The van der Waals surface area contributed by atoms with Crippen molar-refractivity contribution < 1.29 is 36.1 Å². The van der Waals surface area contributed by atoms with Crippen molar-refractivity contribution in [1.82, 2.24) is 10.6 Å². The monoisotopic (exact) mass is 691 g/mol. The molecule has 11 heteroatoms. The molecule has 280 valence electrons. The van der Waals surface area contributed by atoms with Crippen LogP contribution in [0.3, 0.4) is 0 Å². The minimum Gasteiger partial charge on any atom is -0.759 e. The zero-order chi connectivity index (χ0) is 36.5. The fraction of sp³-hybridized carbons (Fsp3) is 0.833. The average Bonchev–Trinajstić information content (AvgIpc) is 3.00. The first-order valence-corrected chi connectivity index (χ1v) is 19.4. The minimum atomic E-state index is -5.17. The van der Waals surface area contributed by atoms with Crippen LogP contribution >= 0.6 is 0 Å². The lowest BCUT2D eigenvalue weighted by molar-refractivity contribution is -0.888. The maximum absolute atomic E-state index is 11.7. The summed E-state index contributed by atoms with van der Waals surface area (Å²) >= 11 is 0. The van der Waals surface area contributed by atoms with E-state index in [9.17, 15) is 9.59 Å². The molecule has 0 atom stereocenters. The molecule has 2 amide bonds. The maximum Gasteiger partial charge on any atom is 0.219 e. The van der Waals surface area contributed by atoms with E-state index in [1.54, 1.807) is 0 Å². The number of carbonyl (C=O) groups is 2. The summed E-state index contributed by atoms with van der Waals surface area (Å²) in [6.45, 7) is 18.0. The first kappa shape index (κ1) is 49.6. The molecule has 10 nitrogen and oxygen atoms in total. The number of carbonyl (C=O) groups excluding carboxylic acids is 2. The topological polar surface area (TPSA) is 138 Å². The Labute approximate surface area is 290 Å². The number of nitrogens with one attached hydrogen (secondary N) is 2. The smallest absolute Gasteiger partial charge is 0.219 e. The van der Waals surface area contributed by atoms with Crippen LogP contribution < -0.4 is 10.6 Å². The number of amides is 2. The van der Waals surface area contributed by atoms with Crippen LogP contribution in [-0.4, -0.2) is 106 Å². The Morgan fingerprint density at radius 3 is 1.13 bits per heavy atom. The third-order valence-electron chi connectivity index (χ3n) is 8.36. The summed E-state index contributed by atoms with van der Waals surface area (Å²) in [6, 6.07) is 0. The molecule has 0 aromatic carbocycles. The Balaban J connectivity index is -0.000000719. The molecule has 0 radical (unpaired) electrons. The van der Waals surface area contributed by atoms with Crippen molar-refractivity contribution in [3.05, 3.63) is 25.3 Å². The van der Waals surface area contributed by atoms with E-state index in [1.165, 1.54) is 64.2 Å². The Morgan fingerprint density at radius 1 is 0.574 bits per heavy atom. The van der Waals surface area contributed by atoms with Crippen molar-refractivity contribution in [2.45, 2.75) is 129 Å². The third kappa shape index (κ3) is 48.7. The molecule has 2 N–H and O–H groups in total. The van der Waals surface area contributed by atoms with Crippen LogP contribution in [0.15, 0.2) is 25.3 Å². The largest absolute Gasteiger partial charge is 0.759 e. The fourth-order valence-electron chi connectivity index (χ4n) is 4.53. The van der Waals surface area contributed by atoms with Gasteiger partial charge in [0.1, 0.15) is 0 Å². The molecule has 0 spiro atoms. The number of hydrogen-bond acceptors (Lipinski definition) is 6. The molecule has 0 aromatic heterocycles. The summed E-state index contributed by atoms with van der Waals surface area (Å²) in [7, 11) is 3.77. The molecule has 0 fully saturated rings. The van der Waals surface area contributed by atoms with Gasteiger partial charge in [-0.25, -0.2) is 0 Å². The summed E-state index contributed by atoms with van der Waals surface area (Å²) in [5.41, 5.74) is 0. The van der Waals surface area contributed by atoms with Gasteiger partial charge >= 0.3 is 0 Å². The Kier molecular flexibility index (Phi) is 34.6. The quantitative estimate of drug-likeness (QED) is 0.0318. The van der Waals surface area contributed by atoms with Crippen LogP contribution in [0, 0.1) is 0 Å². The van der Waals surface area contributed by atoms with E-state index in [4.69, 9.17) is 17.5 Å². The first-order valence-electron chi connectivity index (χ1n) is 18.1. The van der Waals surface area contributed by atoms with E-state index in [1.807, 2.05) is 12.2 Å².